The van der Waals surface area contributed by atoms with E-state index >= 15 is 0 Å². The Kier molecular flexibility index (Phi) is 5.88. The highest BCUT2D eigenvalue weighted by Gasteiger charge is 2.21. The summed E-state index contributed by atoms with van der Waals surface area (Å²) in [6.07, 6.45) is 0. The lowest BCUT2D eigenvalue weighted by atomic mass is 9.97. The van der Waals surface area contributed by atoms with Crippen LogP contribution in [0.4, 0.5) is 5.69 Å². The maximum atomic E-state index is 11.9. The van der Waals surface area contributed by atoms with Crippen molar-refractivity contribution in [2.75, 3.05) is 24.7 Å². The molecule has 1 aromatic heterocycles. The molecule has 0 atom stereocenters. The van der Waals surface area contributed by atoms with Crippen molar-refractivity contribution in [3.8, 4) is 0 Å². The third kappa shape index (κ3) is 5.26. The summed E-state index contributed by atoms with van der Waals surface area (Å²) in [6, 6.07) is 8.08. The number of rotatable bonds is 6. The molecule has 0 aliphatic rings. The second kappa shape index (κ2) is 7.70. The van der Waals surface area contributed by atoms with E-state index in [1.54, 1.807) is 0 Å². The van der Waals surface area contributed by atoms with E-state index < -0.39 is 0 Å². The van der Waals surface area contributed by atoms with Crippen LogP contribution in [0.5, 0.6) is 0 Å². The zero-order chi connectivity index (χ0) is 17.7. The monoisotopic (exact) mass is 348 g/mol. The first-order valence-electron chi connectivity index (χ1n) is 7.75. The molecule has 0 aliphatic heterocycles. The van der Waals surface area contributed by atoms with Crippen molar-refractivity contribution in [2.24, 2.45) is 0 Å². The Balaban J connectivity index is 1.78. The summed E-state index contributed by atoms with van der Waals surface area (Å²) >= 11 is 1.25. The van der Waals surface area contributed by atoms with Gasteiger partial charge in [-0.25, -0.2) is 0 Å². The maximum Gasteiger partial charge on any atom is 0.277 e. The second-order valence-corrected chi connectivity index (χ2v) is 7.68. The van der Waals surface area contributed by atoms with Crippen LogP contribution < -0.4 is 10.2 Å². The lowest BCUT2D eigenvalue weighted by Gasteiger charge is -2.12. The van der Waals surface area contributed by atoms with Crippen LogP contribution in [-0.4, -0.2) is 36.0 Å². The fourth-order valence-corrected chi connectivity index (χ4v) is 2.46. The van der Waals surface area contributed by atoms with Gasteiger partial charge in [0.15, 0.2) is 0 Å². The number of nitrogens with one attached hydrogen (secondary N) is 1. The molecule has 0 fully saturated rings. The second-order valence-electron chi connectivity index (χ2n) is 6.75. The van der Waals surface area contributed by atoms with E-state index in [2.05, 4.69) is 15.5 Å². The van der Waals surface area contributed by atoms with Gasteiger partial charge in [-0.3, -0.25) is 4.79 Å². The van der Waals surface area contributed by atoms with Crippen LogP contribution in [0.1, 0.15) is 32.2 Å². The van der Waals surface area contributed by atoms with E-state index in [9.17, 15) is 4.79 Å². The Bertz CT molecular complexity index is 675. The lowest BCUT2D eigenvalue weighted by molar-refractivity contribution is -0.118. The van der Waals surface area contributed by atoms with Gasteiger partial charge < -0.3 is 14.6 Å². The third-order valence-electron chi connectivity index (χ3n) is 3.32. The Morgan fingerprint density at radius 3 is 2.42 bits per heavy atom. The fraction of sp³-hybridized carbons (Fsp3) is 0.471. The number of thioether (sulfide) groups is 1. The number of carbonyl (C=O) groups excluding carboxylic acids is 1. The van der Waals surface area contributed by atoms with Gasteiger partial charge in [-0.15, -0.1) is 10.2 Å². The fourth-order valence-electron chi connectivity index (χ4n) is 1.86. The molecule has 0 saturated carbocycles. The first kappa shape index (κ1) is 18.3. The minimum atomic E-state index is -0.188. The Morgan fingerprint density at radius 1 is 1.21 bits per heavy atom. The van der Waals surface area contributed by atoms with Crippen LogP contribution >= 0.6 is 11.8 Å². The molecule has 0 aliphatic carbocycles. The van der Waals surface area contributed by atoms with Crippen molar-refractivity contribution in [2.45, 2.75) is 38.0 Å². The number of hydrogen-bond donors (Lipinski definition) is 1. The highest BCUT2D eigenvalue weighted by atomic mass is 32.2. The molecule has 130 valence electrons. The Morgan fingerprint density at radius 2 is 1.88 bits per heavy atom. The molecule has 2 rings (SSSR count). The van der Waals surface area contributed by atoms with Gasteiger partial charge in [-0.2, -0.15) is 0 Å². The van der Waals surface area contributed by atoms with Gasteiger partial charge in [0, 0.05) is 31.7 Å². The predicted molar refractivity (Wildman–Crippen MR) is 96.3 cm³/mol. The normalized spacial score (nSPS) is 11.4. The summed E-state index contributed by atoms with van der Waals surface area (Å²) in [6.45, 7) is 6.51. The summed E-state index contributed by atoms with van der Waals surface area (Å²) in [5.74, 6) is 0.764. The molecule has 0 spiro atoms. The number of amides is 1. The Hall–Kier alpha value is -2.02. The molecular weight excluding hydrogens is 324 g/mol. The lowest BCUT2D eigenvalue weighted by Crippen LogP contribution is -2.24. The summed E-state index contributed by atoms with van der Waals surface area (Å²) in [4.78, 5) is 14.0. The molecule has 7 heteroatoms. The molecule has 1 aromatic carbocycles. The molecular formula is C17H24N4O2S. The molecule has 1 N–H and O–H groups in total. The van der Waals surface area contributed by atoms with Crippen molar-refractivity contribution < 1.29 is 9.21 Å². The summed E-state index contributed by atoms with van der Waals surface area (Å²) in [5, 5.41) is 11.3. The molecule has 24 heavy (non-hydrogen) atoms. The first-order chi connectivity index (χ1) is 11.3. The van der Waals surface area contributed by atoms with Crippen molar-refractivity contribution >= 4 is 23.4 Å². The molecule has 0 unspecified atom stereocenters. The van der Waals surface area contributed by atoms with Crippen molar-refractivity contribution in [3.05, 3.63) is 35.7 Å². The molecule has 2 aromatic rings. The van der Waals surface area contributed by atoms with E-state index in [0.717, 1.165) is 11.3 Å². The smallest absolute Gasteiger partial charge is 0.277 e. The van der Waals surface area contributed by atoms with Gasteiger partial charge in [0.1, 0.15) is 0 Å². The minimum absolute atomic E-state index is 0.0628. The number of anilines is 1. The maximum absolute atomic E-state index is 11.9. The van der Waals surface area contributed by atoms with Crippen LogP contribution in [0.2, 0.25) is 0 Å². The summed E-state index contributed by atoms with van der Waals surface area (Å²) < 4.78 is 5.55. The van der Waals surface area contributed by atoms with Crippen LogP contribution in [-0.2, 0) is 16.8 Å². The van der Waals surface area contributed by atoms with Gasteiger partial charge >= 0.3 is 0 Å². The highest BCUT2D eigenvalue weighted by molar-refractivity contribution is 7.99. The zero-order valence-corrected chi connectivity index (χ0v) is 15.6. The average molecular weight is 348 g/mol. The van der Waals surface area contributed by atoms with Crippen molar-refractivity contribution in [1.29, 1.82) is 0 Å². The van der Waals surface area contributed by atoms with E-state index in [-0.39, 0.29) is 17.1 Å². The van der Waals surface area contributed by atoms with Crippen LogP contribution in [0.25, 0.3) is 0 Å². The zero-order valence-electron chi connectivity index (χ0n) is 14.8. The van der Waals surface area contributed by atoms with Crippen LogP contribution in [0, 0.1) is 0 Å². The minimum Gasteiger partial charge on any atom is -0.415 e. The topological polar surface area (TPSA) is 71.3 Å². The number of nitrogens with zero attached hydrogens (tertiary/aromatic N) is 3. The van der Waals surface area contributed by atoms with Gasteiger partial charge in [0.2, 0.25) is 11.8 Å². The summed E-state index contributed by atoms with van der Waals surface area (Å²) in [7, 11) is 3.99. The first-order valence-corrected chi connectivity index (χ1v) is 8.74. The van der Waals surface area contributed by atoms with Crippen LogP contribution in [0.3, 0.4) is 0 Å². The largest absolute Gasteiger partial charge is 0.415 e. The standard InChI is InChI=1S/C17H24N4O2S/c1-17(2,3)15-19-20-16(23-15)24-11-14(22)18-10-12-6-8-13(9-7-12)21(4)5/h6-9H,10-11H2,1-5H3,(H,18,22). The quantitative estimate of drug-likeness (QED) is 0.810. The van der Waals surface area contributed by atoms with E-state index in [1.165, 1.54) is 11.8 Å². The van der Waals surface area contributed by atoms with Gasteiger partial charge in [-0.05, 0) is 17.7 Å². The molecule has 6 nitrogen and oxygen atoms in total. The van der Waals surface area contributed by atoms with Gasteiger partial charge in [-0.1, -0.05) is 44.7 Å². The van der Waals surface area contributed by atoms with E-state index in [1.807, 2.05) is 64.0 Å². The number of benzene rings is 1. The molecule has 0 radical (unpaired) electrons. The van der Waals surface area contributed by atoms with Crippen LogP contribution in [0.15, 0.2) is 33.9 Å². The average Bonchev–Trinajstić information content (AvgIpc) is 3.00. The van der Waals surface area contributed by atoms with Crippen molar-refractivity contribution in [1.82, 2.24) is 15.5 Å². The van der Waals surface area contributed by atoms with Gasteiger partial charge in [0.25, 0.3) is 5.22 Å². The number of aromatic nitrogens is 2. The molecule has 0 bridgehead atoms. The van der Waals surface area contributed by atoms with Gasteiger partial charge in [0.05, 0.1) is 5.75 Å². The van der Waals surface area contributed by atoms with E-state index in [4.69, 9.17) is 4.42 Å². The molecule has 1 heterocycles. The third-order valence-corrected chi connectivity index (χ3v) is 4.14. The van der Waals surface area contributed by atoms with Crippen molar-refractivity contribution in [3.63, 3.8) is 0 Å². The number of carbonyl (C=O) groups is 1. The SMILES string of the molecule is CN(C)c1ccc(CNC(=O)CSc2nnc(C(C)(C)C)o2)cc1. The highest BCUT2D eigenvalue weighted by Crippen LogP contribution is 2.24. The Labute approximate surface area is 147 Å². The molecule has 0 saturated heterocycles. The number of hydrogen-bond acceptors (Lipinski definition) is 6. The predicted octanol–water partition coefficient (Wildman–Crippen LogP) is 2.84. The summed E-state index contributed by atoms with van der Waals surface area (Å²) in [5.41, 5.74) is 2.01. The van der Waals surface area contributed by atoms with E-state index in [0.29, 0.717) is 17.7 Å². The molecule has 1 amide bonds.